The van der Waals surface area contributed by atoms with Gasteiger partial charge < -0.3 is 9.64 Å². The van der Waals surface area contributed by atoms with Gasteiger partial charge in [-0.1, -0.05) is 115 Å². The van der Waals surface area contributed by atoms with Crippen LogP contribution in [0.25, 0.3) is 54.6 Å². The Morgan fingerprint density at radius 3 is 1.75 bits per heavy atom. The summed E-state index contributed by atoms with van der Waals surface area (Å²) in [5, 5.41) is 7.17. The Kier molecular flexibility index (Phi) is 5.54. The number of ether oxygens (including phenoxy) is 1. The topological polar surface area (TPSA) is 12.5 Å². The molecule has 206 valence electrons. The van der Waals surface area contributed by atoms with Crippen LogP contribution >= 0.6 is 0 Å². The molecule has 1 aliphatic heterocycles. The molecule has 0 fully saturated rings. The van der Waals surface area contributed by atoms with Crippen LogP contribution in [-0.2, 0) is 0 Å². The predicted octanol–water partition coefficient (Wildman–Crippen LogP) is 12.1. The number of anilines is 3. The third kappa shape index (κ3) is 3.96. The molecule has 0 amide bonds. The zero-order chi connectivity index (χ0) is 29.0. The van der Waals surface area contributed by atoms with E-state index in [4.69, 9.17) is 4.74 Å². The lowest BCUT2D eigenvalue weighted by atomic mass is 9.92. The van der Waals surface area contributed by atoms with Crippen molar-refractivity contribution in [1.82, 2.24) is 0 Å². The molecule has 1 aliphatic rings. The molecule has 0 spiro atoms. The van der Waals surface area contributed by atoms with E-state index in [1.165, 1.54) is 32.7 Å². The maximum Gasteiger partial charge on any atom is 0.136 e. The minimum Gasteiger partial charge on any atom is -0.456 e. The first-order chi connectivity index (χ1) is 21.8. The number of benzene rings is 8. The maximum absolute atomic E-state index is 6.65. The summed E-state index contributed by atoms with van der Waals surface area (Å²) in [5.41, 5.74) is 7.98. The Hall–Kier alpha value is -5.86. The van der Waals surface area contributed by atoms with Gasteiger partial charge in [0, 0.05) is 27.7 Å². The van der Waals surface area contributed by atoms with E-state index in [0.717, 1.165) is 50.5 Å². The quantitative estimate of drug-likeness (QED) is 0.212. The van der Waals surface area contributed by atoms with E-state index in [1.54, 1.807) is 0 Å². The Morgan fingerprint density at radius 1 is 0.386 bits per heavy atom. The van der Waals surface area contributed by atoms with Crippen LogP contribution in [0.5, 0.6) is 11.5 Å². The zero-order valence-electron chi connectivity index (χ0n) is 23.9. The fraction of sp³-hybridized carbons (Fsp3) is 0. The van der Waals surface area contributed by atoms with E-state index in [2.05, 4.69) is 163 Å². The van der Waals surface area contributed by atoms with Crippen molar-refractivity contribution in [3.05, 3.63) is 164 Å². The van der Waals surface area contributed by atoms with Crippen molar-refractivity contribution in [2.45, 2.75) is 0 Å². The second-order valence-corrected chi connectivity index (χ2v) is 11.4. The average molecular weight is 562 g/mol. The van der Waals surface area contributed by atoms with Crippen molar-refractivity contribution in [1.29, 1.82) is 0 Å². The van der Waals surface area contributed by atoms with E-state index in [-0.39, 0.29) is 0 Å². The van der Waals surface area contributed by atoms with Crippen molar-refractivity contribution in [3.63, 3.8) is 0 Å². The van der Waals surface area contributed by atoms with Crippen LogP contribution < -0.4 is 9.64 Å². The third-order valence-electron chi connectivity index (χ3n) is 8.80. The van der Waals surface area contributed by atoms with Gasteiger partial charge in [0.1, 0.15) is 11.5 Å². The summed E-state index contributed by atoms with van der Waals surface area (Å²) in [5.74, 6) is 1.77. The maximum atomic E-state index is 6.65. The van der Waals surface area contributed by atoms with Gasteiger partial charge in [0.2, 0.25) is 0 Å². The van der Waals surface area contributed by atoms with Gasteiger partial charge >= 0.3 is 0 Å². The molecule has 2 nitrogen and oxygen atoms in total. The second kappa shape index (κ2) is 9.86. The number of hydrogen-bond acceptors (Lipinski definition) is 2. The molecule has 0 bridgehead atoms. The molecule has 0 saturated carbocycles. The molecule has 1 heterocycles. The highest BCUT2D eigenvalue weighted by Gasteiger charge is 2.24. The summed E-state index contributed by atoms with van der Waals surface area (Å²) in [6.45, 7) is 0. The lowest BCUT2D eigenvalue weighted by Crippen LogP contribution is -2.11. The summed E-state index contributed by atoms with van der Waals surface area (Å²) in [6, 6.07) is 58.5. The van der Waals surface area contributed by atoms with Gasteiger partial charge in [-0.15, -0.1) is 0 Å². The fourth-order valence-electron chi connectivity index (χ4n) is 6.68. The van der Waals surface area contributed by atoms with Gasteiger partial charge in [-0.05, 0) is 86.8 Å². The van der Waals surface area contributed by atoms with Gasteiger partial charge in [-0.25, -0.2) is 0 Å². The van der Waals surface area contributed by atoms with Crippen molar-refractivity contribution in [3.8, 4) is 33.8 Å². The van der Waals surface area contributed by atoms with Gasteiger partial charge in [-0.2, -0.15) is 0 Å². The molecule has 8 aromatic carbocycles. The molecule has 0 N–H and O–H groups in total. The van der Waals surface area contributed by atoms with Crippen LogP contribution in [0, 0.1) is 0 Å². The first-order valence-corrected chi connectivity index (χ1v) is 15.0. The summed E-state index contributed by atoms with van der Waals surface area (Å²) in [7, 11) is 0. The summed E-state index contributed by atoms with van der Waals surface area (Å²) in [6.07, 6.45) is 0. The van der Waals surface area contributed by atoms with Crippen LogP contribution in [0.4, 0.5) is 17.1 Å². The normalized spacial score (nSPS) is 11.8. The Balaban J connectivity index is 1.26. The van der Waals surface area contributed by atoms with E-state index in [0.29, 0.717) is 0 Å². The SMILES string of the molecule is c1ccc(-c2ccc3c(c2)Oc2ccc(N(c4ccc5ccccc5c4)c4ccc5ccccc5c4)c4cccc-3c24)cc1. The number of hydrogen-bond donors (Lipinski definition) is 0. The smallest absolute Gasteiger partial charge is 0.136 e. The van der Waals surface area contributed by atoms with E-state index >= 15 is 0 Å². The molecule has 0 atom stereocenters. The highest BCUT2D eigenvalue weighted by atomic mass is 16.5. The minimum atomic E-state index is 0.883. The van der Waals surface area contributed by atoms with E-state index in [1.807, 2.05) is 6.07 Å². The molecule has 9 rings (SSSR count). The minimum absolute atomic E-state index is 0.883. The fourth-order valence-corrected chi connectivity index (χ4v) is 6.68. The van der Waals surface area contributed by atoms with Crippen molar-refractivity contribution in [2.24, 2.45) is 0 Å². The van der Waals surface area contributed by atoms with E-state index in [9.17, 15) is 0 Å². The molecule has 0 radical (unpaired) electrons. The monoisotopic (exact) mass is 561 g/mol. The second-order valence-electron chi connectivity index (χ2n) is 11.4. The molecule has 0 aromatic heterocycles. The third-order valence-corrected chi connectivity index (χ3v) is 8.80. The standard InChI is InChI=1S/C42H27NO/c1-2-9-28(10-3-1)33-19-22-36-37-15-8-16-38-39(23-24-40(42(37)38)44-41(36)27-33)43(34-20-17-29-11-4-6-13-31(29)25-34)35-21-18-30-12-5-7-14-32(30)26-35/h1-27H. The number of rotatable bonds is 4. The van der Waals surface area contributed by atoms with Crippen LogP contribution in [-0.4, -0.2) is 0 Å². The van der Waals surface area contributed by atoms with Crippen LogP contribution in [0.2, 0.25) is 0 Å². The molecule has 0 aliphatic carbocycles. The highest BCUT2D eigenvalue weighted by molar-refractivity contribution is 6.11. The molecule has 2 heteroatoms. The van der Waals surface area contributed by atoms with Gasteiger partial charge in [0.15, 0.2) is 0 Å². The lowest BCUT2D eigenvalue weighted by Gasteiger charge is -2.29. The van der Waals surface area contributed by atoms with Crippen molar-refractivity contribution >= 4 is 49.4 Å². The van der Waals surface area contributed by atoms with Gasteiger partial charge in [0.05, 0.1) is 5.69 Å². The Bertz CT molecular complexity index is 2290. The van der Waals surface area contributed by atoms with Crippen LogP contribution in [0.15, 0.2) is 164 Å². The average Bonchev–Trinajstić information content (AvgIpc) is 3.09. The van der Waals surface area contributed by atoms with Gasteiger partial charge in [-0.3, -0.25) is 0 Å². The Morgan fingerprint density at radius 2 is 1.05 bits per heavy atom. The Labute approximate surface area is 256 Å². The van der Waals surface area contributed by atoms with Crippen molar-refractivity contribution < 1.29 is 4.74 Å². The van der Waals surface area contributed by atoms with Crippen LogP contribution in [0.3, 0.4) is 0 Å². The van der Waals surface area contributed by atoms with E-state index < -0.39 is 0 Å². The number of fused-ring (bicyclic) bond motifs is 4. The largest absolute Gasteiger partial charge is 0.456 e. The molecule has 0 unspecified atom stereocenters. The first kappa shape index (κ1) is 24.7. The molecular weight excluding hydrogens is 534 g/mol. The predicted molar refractivity (Wildman–Crippen MR) is 185 cm³/mol. The first-order valence-electron chi connectivity index (χ1n) is 15.0. The molecule has 44 heavy (non-hydrogen) atoms. The summed E-state index contributed by atoms with van der Waals surface area (Å²) >= 11 is 0. The zero-order valence-corrected chi connectivity index (χ0v) is 23.9. The molecular formula is C42H27NO. The van der Waals surface area contributed by atoms with Crippen molar-refractivity contribution in [2.75, 3.05) is 4.90 Å². The number of nitrogens with zero attached hydrogens (tertiary/aromatic N) is 1. The highest BCUT2D eigenvalue weighted by Crippen LogP contribution is 2.51. The summed E-state index contributed by atoms with van der Waals surface area (Å²) in [4.78, 5) is 2.38. The summed E-state index contributed by atoms with van der Waals surface area (Å²) < 4.78 is 6.65. The lowest BCUT2D eigenvalue weighted by molar-refractivity contribution is 0.487. The molecule has 0 saturated heterocycles. The van der Waals surface area contributed by atoms with Crippen LogP contribution in [0.1, 0.15) is 0 Å². The molecule has 8 aromatic rings. The van der Waals surface area contributed by atoms with Gasteiger partial charge in [0.25, 0.3) is 0 Å².